The minimum atomic E-state index is 0.188. The number of ketones is 1. The van der Waals surface area contributed by atoms with Crippen molar-refractivity contribution in [2.45, 2.75) is 33.6 Å². The second-order valence-electron chi connectivity index (χ2n) is 4.35. The van der Waals surface area contributed by atoms with Crippen molar-refractivity contribution < 1.29 is 9.53 Å². The zero-order valence-corrected chi connectivity index (χ0v) is 10.3. The number of ether oxygens (including phenoxy) is 1. The Balaban J connectivity index is 2.48. The first-order valence-electron chi connectivity index (χ1n) is 5.83. The number of carbonyl (C=O) groups excluding carboxylic acids is 1. The monoisotopic (exact) mass is 220 g/mol. The van der Waals surface area contributed by atoms with Gasteiger partial charge in [-0.25, -0.2) is 0 Å². The number of hydrogen-bond donors (Lipinski definition) is 0. The summed E-state index contributed by atoms with van der Waals surface area (Å²) in [6, 6.07) is 7.77. The average molecular weight is 220 g/mol. The van der Waals surface area contributed by atoms with Crippen molar-refractivity contribution in [1.29, 1.82) is 0 Å². The van der Waals surface area contributed by atoms with Gasteiger partial charge in [0.2, 0.25) is 0 Å². The van der Waals surface area contributed by atoms with Crippen LogP contribution in [-0.4, -0.2) is 12.4 Å². The molecule has 1 rings (SSSR count). The van der Waals surface area contributed by atoms with Crippen LogP contribution in [-0.2, 0) is 11.2 Å². The van der Waals surface area contributed by atoms with Gasteiger partial charge < -0.3 is 4.74 Å². The quantitative estimate of drug-likeness (QED) is 0.735. The summed E-state index contributed by atoms with van der Waals surface area (Å²) in [5, 5.41) is 0. The zero-order chi connectivity index (χ0) is 12.0. The van der Waals surface area contributed by atoms with Crippen molar-refractivity contribution in [2.24, 2.45) is 5.92 Å². The lowest BCUT2D eigenvalue weighted by molar-refractivity contribution is -0.116. The van der Waals surface area contributed by atoms with E-state index < -0.39 is 0 Å². The van der Waals surface area contributed by atoms with Gasteiger partial charge in [0, 0.05) is 6.42 Å². The summed E-state index contributed by atoms with van der Waals surface area (Å²) in [6.45, 7) is 6.68. The van der Waals surface area contributed by atoms with E-state index in [0.717, 1.165) is 24.3 Å². The van der Waals surface area contributed by atoms with Gasteiger partial charge in [0.05, 0.1) is 6.61 Å². The van der Waals surface area contributed by atoms with Gasteiger partial charge >= 0.3 is 0 Å². The Labute approximate surface area is 97.6 Å². The van der Waals surface area contributed by atoms with E-state index >= 15 is 0 Å². The fraction of sp³-hybridized carbons (Fsp3) is 0.500. The highest BCUT2D eigenvalue weighted by Gasteiger charge is 2.01. The van der Waals surface area contributed by atoms with Crippen LogP contribution in [0.5, 0.6) is 5.75 Å². The van der Waals surface area contributed by atoms with E-state index in [2.05, 4.69) is 13.8 Å². The van der Waals surface area contributed by atoms with E-state index in [9.17, 15) is 4.79 Å². The van der Waals surface area contributed by atoms with Crippen LogP contribution in [0.1, 0.15) is 32.8 Å². The fourth-order valence-electron chi connectivity index (χ4n) is 1.35. The summed E-state index contributed by atoms with van der Waals surface area (Å²) in [4.78, 5) is 10.9. The predicted octanol–water partition coefficient (Wildman–Crippen LogP) is 3.24. The van der Waals surface area contributed by atoms with Crippen LogP contribution in [0.2, 0.25) is 0 Å². The Kier molecular flexibility index (Phi) is 5.03. The molecule has 1 unspecified atom stereocenters. The Morgan fingerprint density at radius 3 is 2.44 bits per heavy atom. The molecule has 0 aromatic heterocycles. The maximum Gasteiger partial charge on any atom is 0.134 e. The molecule has 0 heterocycles. The van der Waals surface area contributed by atoms with E-state index in [1.165, 1.54) is 0 Å². The molecule has 16 heavy (non-hydrogen) atoms. The maximum atomic E-state index is 10.9. The molecule has 1 aromatic carbocycles. The summed E-state index contributed by atoms with van der Waals surface area (Å²) in [6.07, 6.45) is 1.63. The Bertz CT molecular complexity index is 327. The van der Waals surface area contributed by atoms with Crippen LogP contribution in [0.15, 0.2) is 24.3 Å². The van der Waals surface area contributed by atoms with Crippen LogP contribution in [0.4, 0.5) is 0 Å². The van der Waals surface area contributed by atoms with Gasteiger partial charge in [-0.15, -0.1) is 0 Å². The molecule has 0 amide bonds. The molecule has 0 aliphatic carbocycles. The Hall–Kier alpha value is -1.31. The Morgan fingerprint density at radius 1 is 1.31 bits per heavy atom. The van der Waals surface area contributed by atoms with Crippen molar-refractivity contribution in [3.05, 3.63) is 29.8 Å². The molecule has 2 nitrogen and oxygen atoms in total. The molecule has 0 radical (unpaired) electrons. The van der Waals surface area contributed by atoms with Crippen LogP contribution >= 0.6 is 0 Å². The molecule has 0 spiro atoms. The van der Waals surface area contributed by atoms with Gasteiger partial charge in [0.15, 0.2) is 0 Å². The molecular formula is C14H20O2. The molecule has 0 saturated heterocycles. The third-order valence-corrected chi connectivity index (χ3v) is 2.61. The van der Waals surface area contributed by atoms with Crippen molar-refractivity contribution in [1.82, 2.24) is 0 Å². The zero-order valence-electron chi connectivity index (χ0n) is 10.3. The van der Waals surface area contributed by atoms with Crippen LogP contribution in [0.25, 0.3) is 0 Å². The minimum absolute atomic E-state index is 0.188. The second kappa shape index (κ2) is 6.31. The topological polar surface area (TPSA) is 26.3 Å². The van der Waals surface area contributed by atoms with E-state index in [0.29, 0.717) is 12.3 Å². The lowest BCUT2D eigenvalue weighted by atomic mass is 10.1. The van der Waals surface area contributed by atoms with Crippen molar-refractivity contribution in [2.75, 3.05) is 6.61 Å². The molecule has 1 aromatic rings. The largest absolute Gasteiger partial charge is 0.493 e. The smallest absolute Gasteiger partial charge is 0.134 e. The fourth-order valence-corrected chi connectivity index (χ4v) is 1.35. The summed E-state index contributed by atoms with van der Waals surface area (Å²) in [7, 11) is 0. The summed E-state index contributed by atoms with van der Waals surface area (Å²) < 4.78 is 5.63. The van der Waals surface area contributed by atoms with Crippen molar-refractivity contribution >= 4 is 5.78 Å². The molecule has 0 N–H and O–H groups in total. The minimum Gasteiger partial charge on any atom is -0.493 e. The number of benzene rings is 1. The van der Waals surface area contributed by atoms with Crippen LogP contribution in [0.3, 0.4) is 0 Å². The van der Waals surface area contributed by atoms with Gasteiger partial charge in [0.25, 0.3) is 0 Å². The summed E-state index contributed by atoms with van der Waals surface area (Å²) >= 11 is 0. The van der Waals surface area contributed by atoms with Gasteiger partial charge in [0.1, 0.15) is 11.5 Å². The number of Topliss-reactive ketones (excluding diaryl/α,β-unsaturated/α-hetero) is 1. The molecule has 2 heteroatoms. The highest BCUT2D eigenvalue weighted by atomic mass is 16.5. The van der Waals surface area contributed by atoms with Crippen LogP contribution in [0, 0.1) is 5.92 Å². The first-order chi connectivity index (χ1) is 7.61. The lowest BCUT2D eigenvalue weighted by Gasteiger charge is -2.11. The highest BCUT2D eigenvalue weighted by molar-refractivity contribution is 5.78. The van der Waals surface area contributed by atoms with E-state index in [1.54, 1.807) is 6.92 Å². The molecule has 0 saturated carbocycles. The predicted molar refractivity (Wildman–Crippen MR) is 65.8 cm³/mol. The molecule has 0 fully saturated rings. The SMILES string of the molecule is CCC(C)COc1ccc(CC(C)=O)cc1. The second-order valence-corrected chi connectivity index (χ2v) is 4.35. The van der Waals surface area contributed by atoms with Gasteiger partial charge in [-0.05, 0) is 30.5 Å². The third kappa shape index (κ3) is 4.47. The molecule has 0 aliphatic rings. The van der Waals surface area contributed by atoms with E-state index in [4.69, 9.17) is 4.74 Å². The molecule has 88 valence electrons. The lowest BCUT2D eigenvalue weighted by Crippen LogP contribution is -2.07. The van der Waals surface area contributed by atoms with E-state index in [-0.39, 0.29) is 5.78 Å². The van der Waals surface area contributed by atoms with Crippen molar-refractivity contribution in [3.8, 4) is 5.75 Å². The third-order valence-electron chi connectivity index (χ3n) is 2.61. The molecule has 0 aliphatic heterocycles. The highest BCUT2D eigenvalue weighted by Crippen LogP contribution is 2.14. The van der Waals surface area contributed by atoms with Crippen LogP contribution < -0.4 is 4.74 Å². The molecule has 1 atom stereocenters. The van der Waals surface area contributed by atoms with E-state index in [1.807, 2.05) is 24.3 Å². The number of hydrogen-bond acceptors (Lipinski definition) is 2. The standard InChI is InChI=1S/C14H20O2/c1-4-11(2)10-16-14-7-5-13(6-8-14)9-12(3)15/h5-8,11H,4,9-10H2,1-3H3. The Morgan fingerprint density at radius 2 is 1.94 bits per heavy atom. The normalized spacial score (nSPS) is 12.2. The van der Waals surface area contributed by atoms with Gasteiger partial charge in [-0.3, -0.25) is 4.79 Å². The van der Waals surface area contributed by atoms with Gasteiger partial charge in [-0.2, -0.15) is 0 Å². The van der Waals surface area contributed by atoms with Gasteiger partial charge in [-0.1, -0.05) is 32.4 Å². The summed E-state index contributed by atoms with van der Waals surface area (Å²) in [5.41, 5.74) is 1.04. The molecule has 0 bridgehead atoms. The first-order valence-corrected chi connectivity index (χ1v) is 5.83. The number of rotatable bonds is 6. The first kappa shape index (κ1) is 12.8. The maximum absolute atomic E-state index is 10.9. The average Bonchev–Trinajstić information content (AvgIpc) is 2.27. The molecular weight excluding hydrogens is 200 g/mol. The number of carbonyl (C=O) groups is 1. The van der Waals surface area contributed by atoms with Crippen molar-refractivity contribution in [3.63, 3.8) is 0 Å². The summed E-state index contributed by atoms with van der Waals surface area (Å²) in [5.74, 6) is 1.65.